The summed E-state index contributed by atoms with van der Waals surface area (Å²) >= 11 is 0. The first-order chi connectivity index (χ1) is 6.65. The monoisotopic (exact) mass is 189 g/mol. The van der Waals surface area contributed by atoms with Crippen molar-refractivity contribution in [2.24, 2.45) is 0 Å². The van der Waals surface area contributed by atoms with Crippen molar-refractivity contribution >= 4 is 0 Å². The highest BCUT2D eigenvalue weighted by Gasteiger charge is 2.37. The number of benzene rings is 1. The van der Waals surface area contributed by atoms with Gasteiger partial charge in [0.1, 0.15) is 0 Å². The van der Waals surface area contributed by atoms with Gasteiger partial charge >= 0.3 is 0 Å². The zero-order chi connectivity index (χ0) is 10.2. The lowest BCUT2D eigenvalue weighted by Crippen LogP contribution is -2.06. The van der Waals surface area contributed by atoms with Gasteiger partial charge in [0, 0.05) is 6.54 Å². The molecule has 0 amide bonds. The minimum Gasteiger partial charge on any atom is -0.304 e. The van der Waals surface area contributed by atoms with Gasteiger partial charge in [-0.1, -0.05) is 38.1 Å². The fraction of sp³-hybridized carbons (Fsp3) is 0.538. The van der Waals surface area contributed by atoms with Crippen LogP contribution in [0.3, 0.4) is 0 Å². The number of rotatable bonds is 3. The van der Waals surface area contributed by atoms with Crippen molar-refractivity contribution in [2.45, 2.75) is 38.6 Å². The maximum absolute atomic E-state index is 3.39. The van der Waals surface area contributed by atoms with Gasteiger partial charge in [0.2, 0.25) is 0 Å². The summed E-state index contributed by atoms with van der Waals surface area (Å²) in [5.41, 5.74) is 3.15. The Morgan fingerprint density at radius 3 is 2.36 bits per heavy atom. The van der Waals surface area contributed by atoms with E-state index in [0.29, 0.717) is 5.92 Å². The number of nitrogens with one attached hydrogen (secondary N) is 1. The number of hydrogen-bond acceptors (Lipinski definition) is 1. The normalized spacial score (nSPS) is 27.4. The third-order valence-electron chi connectivity index (χ3n) is 3.44. The summed E-state index contributed by atoms with van der Waals surface area (Å²) in [4.78, 5) is 0. The van der Waals surface area contributed by atoms with Crippen LogP contribution in [0.2, 0.25) is 0 Å². The standard InChI is InChI=1S/C13H19N/c1-4-10(2)11-5-7-12(8-6-11)13(3)9-14-13/h5-8,10,14H,4,9H2,1-3H3. The predicted molar refractivity (Wildman–Crippen MR) is 60.5 cm³/mol. The summed E-state index contributed by atoms with van der Waals surface area (Å²) in [7, 11) is 0. The lowest BCUT2D eigenvalue weighted by Gasteiger charge is -2.12. The van der Waals surface area contributed by atoms with E-state index in [1.165, 1.54) is 17.5 Å². The topological polar surface area (TPSA) is 21.9 Å². The molecule has 1 nitrogen and oxygen atoms in total. The van der Waals surface area contributed by atoms with Crippen LogP contribution in [0, 0.1) is 0 Å². The first-order valence-electron chi connectivity index (χ1n) is 5.51. The zero-order valence-electron chi connectivity index (χ0n) is 9.30. The van der Waals surface area contributed by atoms with Gasteiger partial charge in [-0.05, 0) is 30.4 Å². The van der Waals surface area contributed by atoms with Crippen molar-refractivity contribution in [3.8, 4) is 0 Å². The van der Waals surface area contributed by atoms with Crippen molar-refractivity contribution in [3.63, 3.8) is 0 Å². The van der Waals surface area contributed by atoms with Gasteiger partial charge in [-0.3, -0.25) is 0 Å². The van der Waals surface area contributed by atoms with Gasteiger partial charge in [-0.15, -0.1) is 0 Å². The Hall–Kier alpha value is -0.820. The molecule has 1 N–H and O–H groups in total. The van der Waals surface area contributed by atoms with Crippen LogP contribution in [0.5, 0.6) is 0 Å². The van der Waals surface area contributed by atoms with Gasteiger partial charge in [0.15, 0.2) is 0 Å². The lowest BCUT2D eigenvalue weighted by atomic mass is 9.94. The number of hydrogen-bond donors (Lipinski definition) is 1. The molecule has 1 aromatic rings. The van der Waals surface area contributed by atoms with E-state index < -0.39 is 0 Å². The average molecular weight is 189 g/mol. The molecule has 1 aromatic carbocycles. The Morgan fingerprint density at radius 2 is 1.93 bits per heavy atom. The van der Waals surface area contributed by atoms with Crippen LogP contribution in [0.25, 0.3) is 0 Å². The van der Waals surface area contributed by atoms with Crippen molar-refractivity contribution < 1.29 is 0 Å². The molecule has 0 spiro atoms. The summed E-state index contributed by atoms with van der Waals surface area (Å²) in [6.45, 7) is 7.90. The van der Waals surface area contributed by atoms with Crippen LogP contribution in [0.4, 0.5) is 0 Å². The summed E-state index contributed by atoms with van der Waals surface area (Å²) in [5, 5.41) is 3.39. The SMILES string of the molecule is CCC(C)c1ccc(C2(C)CN2)cc1. The molecule has 1 heteroatoms. The molecule has 0 aromatic heterocycles. The molecule has 0 bridgehead atoms. The third-order valence-corrected chi connectivity index (χ3v) is 3.44. The van der Waals surface area contributed by atoms with Gasteiger partial charge in [-0.25, -0.2) is 0 Å². The first-order valence-corrected chi connectivity index (χ1v) is 5.51. The predicted octanol–water partition coefficient (Wildman–Crippen LogP) is 3.02. The summed E-state index contributed by atoms with van der Waals surface area (Å²) < 4.78 is 0. The van der Waals surface area contributed by atoms with Gasteiger partial charge < -0.3 is 5.32 Å². The second-order valence-corrected chi connectivity index (χ2v) is 4.62. The van der Waals surface area contributed by atoms with Gasteiger partial charge in [-0.2, -0.15) is 0 Å². The molecule has 2 rings (SSSR count). The summed E-state index contributed by atoms with van der Waals surface area (Å²) in [6.07, 6.45) is 1.22. The van der Waals surface area contributed by atoms with Crippen LogP contribution in [-0.2, 0) is 5.54 Å². The molecule has 1 aliphatic rings. The van der Waals surface area contributed by atoms with Gasteiger partial charge in [0.05, 0.1) is 5.54 Å². The van der Waals surface area contributed by atoms with E-state index in [-0.39, 0.29) is 5.54 Å². The second-order valence-electron chi connectivity index (χ2n) is 4.62. The lowest BCUT2D eigenvalue weighted by molar-refractivity contribution is 0.727. The zero-order valence-corrected chi connectivity index (χ0v) is 9.30. The fourth-order valence-corrected chi connectivity index (χ4v) is 1.75. The van der Waals surface area contributed by atoms with E-state index in [0.717, 1.165) is 6.54 Å². The van der Waals surface area contributed by atoms with E-state index >= 15 is 0 Å². The molecular weight excluding hydrogens is 170 g/mol. The molecular formula is C13H19N. The minimum absolute atomic E-state index is 0.272. The first kappa shape index (κ1) is 9.72. The fourth-order valence-electron chi connectivity index (χ4n) is 1.75. The van der Waals surface area contributed by atoms with Crippen molar-refractivity contribution in [1.82, 2.24) is 5.32 Å². The van der Waals surface area contributed by atoms with Gasteiger partial charge in [0.25, 0.3) is 0 Å². The third kappa shape index (κ3) is 1.69. The van der Waals surface area contributed by atoms with Crippen LogP contribution in [-0.4, -0.2) is 6.54 Å². The maximum Gasteiger partial charge on any atom is 0.0533 e. The highest BCUT2D eigenvalue weighted by molar-refractivity contribution is 5.33. The van der Waals surface area contributed by atoms with E-state index in [1.807, 2.05) is 0 Å². The molecule has 2 atom stereocenters. The van der Waals surface area contributed by atoms with Crippen LogP contribution in [0.1, 0.15) is 44.2 Å². The molecule has 0 aliphatic carbocycles. The molecule has 1 saturated heterocycles. The largest absolute Gasteiger partial charge is 0.304 e. The Morgan fingerprint density at radius 1 is 1.36 bits per heavy atom. The van der Waals surface area contributed by atoms with Crippen LogP contribution in [0.15, 0.2) is 24.3 Å². The summed E-state index contributed by atoms with van der Waals surface area (Å²) in [5.74, 6) is 0.684. The quantitative estimate of drug-likeness (QED) is 0.725. The molecule has 0 radical (unpaired) electrons. The van der Waals surface area contributed by atoms with Crippen molar-refractivity contribution in [1.29, 1.82) is 0 Å². The highest BCUT2D eigenvalue weighted by atomic mass is 15.1. The Bertz CT molecular complexity index is 309. The smallest absolute Gasteiger partial charge is 0.0533 e. The van der Waals surface area contributed by atoms with Crippen LogP contribution < -0.4 is 5.32 Å². The van der Waals surface area contributed by atoms with Crippen molar-refractivity contribution in [3.05, 3.63) is 35.4 Å². The molecule has 1 aliphatic heterocycles. The Labute approximate surface area is 86.5 Å². The molecule has 1 heterocycles. The van der Waals surface area contributed by atoms with E-state index in [1.54, 1.807) is 0 Å². The average Bonchev–Trinajstić information content (AvgIpc) is 2.97. The Balaban J connectivity index is 2.18. The van der Waals surface area contributed by atoms with E-state index in [2.05, 4.69) is 50.4 Å². The van der Waals surface area contributed by atoms with E-state index in [4.69, 9.17) is 0 Å². The highest BCUT2D eigenvalue weighted by Crippen LogP contribution is 2.30. The summed E-state index contributed by atoms with van der Waals surface area (Å²) in [6, 6.07) is 9.08. The maximum atomic E-state index is 3.39. The minimum atomic E-state index is 0.272. The van der Waals surface area contributed by atoms with E-state index in [9.17, 15) is 0 Å². The van der Waals surface area contributed by atoms with Crippen molar-refractivity contribution in [2.75, 3.05) is 6.54 Å². The molecule has 14 heavy (non-hydrogen) atoms. The molecule has 0 saturated carbocycles. The second kappa shape index (κ2) is 3.39. The molecule has 76 valence electrons. The van der Waals surface area contributed by atoms with Crippen LogP contribution >= 0.6 is 0 Å². The molecule has 2 unspecified atom stereocenters. The Kier molecular flexibility index (Phi) is 2.36. The molecule has 1 fully saturated rings.